The molecule has 0 saturated heterocycles. The summed E-state index contributed by atoms with van der Waals surface area (Å²) in [6.07, 6.45) is 0. The zero-order valence-corrected chi connectivity index (χ0v) is 13.8. The van der Waals surface area contributed by atoms with Gasteiger partial charge in [0.15, 0.2) is 0 Å². The molecule has 2 aromatic rings. The van der Waals surface area contributed by atoms with Crippen molar-refractivity contribution in [2.45, 2.75) is 12.1 Å². The Hall–Kier alpha value is -0.680. The molecule has 3 N–H and O–H groups in total. The molecule has 0 spiro atoms. The molecule has 0 aliphatic carbocycles. The summed E-state index contributed by atoms with van der Waals surface area (Å²) in [5.41, 5.74) is 8.69. The summed E-state index contributed by atoms with van der Waals surface area (Å²) in [4.78, 5) is 0. The van der Waals surface area contributed by atoms with Crippen molar-refractivity contribution >= 4 is 31.9 Å². The van der Waals surface area contributed by atoms with E-state index < -0.39 is 0 Å². The zero-order valence-electron chi connectivity index (χ0n) is 10.6. The fourth-order valence-corrected chi connectivity index (χ4v) is 3.26. The maximum absolute atomic E-state index is 6.44. The average Bonchev–Trinajstić information content (AvgIpc) is 2.42. The lowest BCUT2D eigenvalue weighted by Crippen LogP contribution is -2.29. The summed E-state index contributed by atoms with van der Waals surface area (Å²) in [5, 5.41) is 3.31. The molecule has 100 valence electrons. The molecule has 0 bridgehead atoms. The molecule has 2 aromatic carbocycles. The molecule has 0 radical (unpaired) electrons. The van der Waals surface area contributed by atoms with Crippen molar-refractivity contribution in [1.29, 1.82) is 0 Å². The third kappa shape index (κ3) is 3.26. The van der Waals surface area contributed by atoms with E-state index in [1.165, 1.54) is 0 Å². The highest BCUT2D eigenvalue weighted by molar-refractivity contribution is 9.10. The van der Waals surface area contributed by atoms with Crippen LogP contribution >= 0.6 is 31.9 Å². The lowest BCUT2D eigenvalue weighted by atomic mass is 9.94. The van der Waals surface area contributed by atoms with Crippen LogP contribution in [0.4, 0.5) is 0 Å². The summed E-state index contributed by atoms with van der Waals surface area (Å²) >= 11 is 7.16. The van der Waals surface area contributed by atoms with Crippen LogP contribution in [0.5, 0.6) is 0 Å². The number of likely N-dealkylation sites (N-methyl/N-ethyl adjacent to an activating group) is 1. The molecule has 19 heavy (non-hydrogen) atoms. The van der Waals surface area contributed by atoms with Gasteiger partial charge in [0.2, 0.25) is 0 Å². The second-order valence-electron chi connectivity index (χ2n) is 4.34. The summed E-state index contributed by atoms with van der Waals surface area (Å²) in [6, 6.07) is 16.1. The second kappa shape index (κ2) is 6.66. The van der Waals surface area contributed by atoms with Gasteiger partial charge >= 0.3 is 0 Å². The van der Waals surface area contributed by atoms with E-state index >= 15 is 0 Å². The SMILES string of the molecule is CNC(c1ccccc1Br)C(N)c1ccccc1Br. The van der Waals surface area contributed by atoms with Crippen LogP contribution in [0, 0.1) is 0 Å². The van der Waals surface area contributed by atoms with E-state index in [1.54, 1.807) is 0 Å². The molecule has 0 aliphatic rings. The van der Waals surface area contributed by atoms with Crippen LogP contribution in [0.15, 0.2) is 57.5 Å². The van der Waals surface area contributed by atoms with Gasteiger partial charge in [0.25, 0.3) is 0 Å². The van der Waals surface area contributed by atoms with Gasteiger partial charge in [0, 0.05) is 8.95 Å². The fourth-order valence-electron chi connectivity index (χ4n) is 2.18. The molecular weight excluding hydrogens is 368 g/mol. The van der Waals surface area contributed by atoms with Crippen molar-refractivity contribution in [1.82, 2.24) is 5.32 Å². The molecule has 0 aromatic heterocycles. The highest BCUT2D eigenvalue weighted by Crippen LogP contribution is 2.34. The smallest absolute Gasteiger partial charge is 0.0525 e. The van der Waals surface area contributed by atoms with E-state index in [2.05, 4.69) is 49.3 Å². The number of benzene rings is 2. The lowest BCUT2D eigenvalue weighted by Gasteiger charge is -2.26. The van der Waals surface area contributed by atoms with Gasteiger partial charge in [-0.25, -0.2) is 0 Å². The van der Waals surface area contributed by atoms with Crippen LogP contribution in [-0.2, 0) is 0 Å². The van der Waals surface area contributed by atoms with Gasteiger partial charge in [-0.1, -0.05) is 68.3 Å². The average molecular weight is 384 g/mol. The van der Waals surface area contributed by atoms with E-state index in [0.717, 1.165) is 20.1 Å². The van der Waals surface area contributed by atoms with Crippen molar-refractivity contribution in [3.63, 3.8) is 0 Å². The number of nitrogens with one attached hydrogen (secondary N) is 1. The van der Waals surface area contributed by atoms with Gasteiger partial charge in [0.05, 0.1) is 12.1 Å². The van der Waals surface area contributed by atoms with E-state index in [0.29, 0.717) is 0 Å². The Bertz CT molecular complexity index is 557. The number of rotatable bonds is 4. The third-order valence-electron chi connectivity index (χ3n) is 3.17. The number of hydrogen-bond donors (Lipinski definition) is 2. The maximum atomic E-state index is 6.44. The van der Waals surface area contributed by atoms with Gasteiger partial charge in [-0.15, -0.1) is 0 Å². The van der Waals surface area contributed by atoms with Crippen molar-refractivity contribution in [3.8, 4) is 0 Å². The molecule has 0 aliphatic heterocycles. The number of halogens is 2. The van der Waals surface area contributed by atoms with Crippen LogP contribution in [-0.4, -0.2) is 7.05 Å². The summed E-state index contributed by atoms with van der Waals surface area (Å²) in [6.45, 7) is 0. The Labute approximate surface area is 130 Å². The Morgan fingerprint density at radius 2 is 1.37 bits per heavy atom. The quantitative estimate of drug-likeness (QED) is 0.831. The molecule has 0 amide bonds. The number of hydrogen-bond acceptors (Lipinski definition) is 2. The van der Waals surface area contributed by atoms with Crippen LogP contribution in [0.2, 0.25) is 0 Å². The van der Waals surface area contributed by atoms with Gasteiger partial charge < -0.3 is 11.1 Å². The summed E-state index contributed by atoms with van der Waals surface area (Å²) < 4.78 is 2.10. The van der Waals surface area contributed by atoms with Gasteiger partial charge in [-0.3, -0.25) is 0 Å². The molecule has 2 atom stereocenters. The van der Waals surface area contributed by atoms with Crippen LogP contribution in [0.1, 0.15) is 23.2 Å². The van der Waals surface area contributed by atoms with Crippen LogP contribution in [0.25, 0.3) is 0 Å². The first-order chi connectivity index (χ1) is 9.15. The van der Waals surface area contributed by atoms with Crippen LogP contribution in [0.3, 0.4) is 0 Å². The van der Waals surface area contributed by atoms with Crippen molar-refractivity contribution in [2.75, 3.05) is 7.05 Å². The molecule has 0 saturated carbocycles. The first-order valence-corrected chi connectivity index (χ1v) is 7.65. The van der Waals surface area contributed by atoms with E-state index in [-0.39, 0.29) is 12.1 Å². The molecule has 0 fully saturated rings. The van der Waals surface area contributed by atoms with Gasteiger partial charge in [0.1, 0.15) is 0 Å². The second-order valence-corrected chi connectivity index (χ2v) is 6.04. The maximum Gasteiger partial charge on any atom is 0.0525 e. The lowest BCUT2D eigenvalue weighted by molar-refractivity contribution is 0.488. The molecule has 4 heteroatoms. The minimum absolute atomic E-state index is 0.0503. The topological polar surface area (TPSA) is 38.0 Å². The van der Waals surface area contributed by atoms with E-state index in [1.807, 2.05) is 43.4 Å². The minimum Gasteiger partial charge on any atom is -0.322 e. The molecule has 0 heterocycles. The van der Waals surface area contributed by atoms with E-state index in [4.69, 9.17) is 5.73 Å². The fraction of sp³-hybridized carbons (Fsp3) is 0.200. The van der Waals surface area contributed by atoms with Crippen molar-refractivity contribution < 1.29 is 0 Å². The Morgan fingerprint density at radius 1 is 0.895 bits per heavy atom. The highest BCUT2D eigenvalue weighted by Gasteiger charge is 2.22. The molecule has 2 unspecified atom stereocenters. The highest BCUT2D eigenvalue weighted by atomic mass is 79.9. The minimum atomic E-state index is -0.126. The van der Waals surface area contributed by atoms with Crippen molar-refractivity contribution in [2.24, 2.45) is 5.73 Å². The first-order valence-electron chi connectivity index (χ1n) is 6.07. The van der Waals surface area contributed by atoms with Gasteiger partial charge in [-0.2, -0.15) is 0 Å². The summed E-state index contributed by atoms with van der Waals surface area (Å²) in [7, 11) is 1.93. The Kier molecular flexibility index (Phi) is 5.16. The normalized spacial score (nSPS) is 14.1. The third-order valence-corrected chi connectivity index (χ3v) is 4.62. The monoisotopic (exact) mass is 382 g/mol. The molecular formula is C15H16Br2N2. The molecule has 2 rings (SSSR count). The van der Waals surface area contributed by atoms with E-state index in [9.17, 15) is 0 Å². The van der Waals surface area contributed by atoms with Gasteiger partial charge in [-0.05, 0) is 30.3 Å². The molecule has 2 nitrogen and oxygen atoms in total. The first kappa shape index (κ1) is 14.7. The standard InChI is InChI=1S/C15H16Br2N2/c1-19-15(11-7-3-5-9-13(11)17)14(18)10-6-2-4-8-12(10)16/h2-9,14-15,19H,18H2,1H3. The Morgan fingerprint density at radius 3 is 1.84 bits per heavy atom. The number of nitrogens with two attached hydrogens (primary N) is 1. The van der Waals surface area contributed by atoms with Crippen LogP contribution < -0.4 is 11.1 Å². The van der Waals surface area contributed by atoms with Crippen molar-refractivity contribution in [3.05, 3.63) is 68.6 Å². The predicted octanol–water partition coefficient (Wildman–Crippen LogP) is 4.17. The zero-order chi connectivity index (χ0) is 13.8. The predicted molar refractivity (Wildman–Crippen MR) is 87.0 cm³/mol. The Balaban J connectivity index is 2.38. The summed E-state index contributed by atoms with van der Waals surface area (Å²) in [5.74, 6) is 0. The largest absolute Gasteiger partial charge is 0.322 e.